The second-order valence-corrected chi connectivity index (χ2v) is 11.0. The van der Waals surface area contributed by atoms with E-state index in [0.717, 1.165) is 32.7 Å². The molecule has 11 heteroatoms. The number of nitrogens with one attached hydrogen (secondary N) is 1. The summed E-state index contributed by atoms with van der Waals surface area (Å²) in [6.07, 6.45) is 0. The van der Waals surface area contributed by atoms with Gasteiger partial charge in [0.2, 0.25) is 16.2 Å². The molecular weight excluding hydrogens is 532 g/mol. The number of rotatable bonds is 9. The standard InChI is InChI=1S/C25H19ClN6OS3/c26-19-13-11-17(12-14-19)15-35-25-30-29-23(36-25)27-21(33)16-34-24-28-22(18-7-3-1-4-8-18)32(31-24)20-9-5-2-6-10-20/h1-14H,15-16H2,(H,27,29,33). The molecule has 7 nitrogen and oxygen atoms in total. The highest BCUT2D eigenvalue weighted by atomic mass is 35.5. The van der Waals surface area contributed by atoms with Gasteiger partial charge in [0.25, 0.3) is 0 Å². The molecule has 1 amide bonds. The second kappa shape index (κ2) is 11.7. The van der Waals surface area contributed by atoms with Crippen molar-refractivity contribution in [2.45, 2.75) is 15.2 Å². The van der Waals surface area contributed by atoms with Gasteiger partial charge < -0.3 is 0 Å². The Morgan fingerprint density at radius 3 is 2.39 bits per heavy atom. The topological polar surface area (TPSA) is 85.6 Å². The molecule has 36 heavy (non-hydrogen) atoms. The van der Waals surface area contributed by atoms with Gasteiger partial charge in [0.15, 0.2) is 10.2 Å². The van der Waals surface area contributed by atoms with Gasteiger partial charge in [0.1, 0.15) is 0 Å². The van der Waals surface area contributed by atoms with Crippen molar-refractivity contribution < 1.29 is 4.79 Å². The Balaban J connectivity index is 1.20. The zero-order valence-corrected chi connectivity index (χ0v) is 21.9. The van der Waals surface area contributed by atoms with Gasteiger partial charge >= 0.3 is 0 Å². The third-order valence-electron chi connectivity index (χ3n) is 4.88. The molecule has 0 atom stereocenters. The van der Waals surface area contributed by atoms with Gasteiger partial charge in [-0.1, -0.05) is 107 Å². The number of nitrogens with zero attached hydrogens (tertiary/aromatic N) is 5. The quantitative estimate of drug-likeness (QED) is 0.166. The van der Waals surface area contributed by atoms with Gasteiger partial charge in [-0.3, -0.25) is 10.1 Å². The second-order valence-electron chi connectivity index (χ2n) is 7.46. The monoisotopic (exact) mass is 550 g/mol. The lowest BCUT2D eigenvalue weighted by Gasteiger charge is -2.05. The minimum Gasteiger partial charge on any atom is -0.300 e. The summed E-state index contributed by atoms with van der Waals surface area (Å²) >= 11 is 10.1. The smallest absolute Gasteiger partial charge is 0.236 e. The largest absolute Gasteiger partial charge is 0.300 e. The first-order valence-electron chi connectivity index (χ1n) is 10.9. The van der Waals surface area contributed by atoms with E-state index in [-0.39, 0.29) is 11.7 Å². The van der Waals surface area contributed by atoms with Crippen molar-refractivity contribution in [3.05, 3.63) is 95.5 Å². The lowest BCUT2D eigenvalue weighted by molar-refractivity contribution is -0.113. The van der Waals surface area contributed by atoms with Crippen LogP contribution >= 0.6 is 46.5 Å². The van der Waals surface area contributed by atoms with Crippen LogP contribution in [0.5, 0.6) is 0 Å². The number of carbonyl (C=O) groups is 1. The fourth-order valence-electron chi connectivity index (χ4n) is 3.21. The zero-order chi connectivity index (χ0) is 24.7. The van der Waals surface area contributed by atoms with Crippen molar-refractivity contribution >= 4 is 57.5 Å². The number of hydrogen-bond acceptors (Lipinski definition) is 8. The van der Waals surface area contributed by atoms with Crippen LogP contribution in [0.25, 0.3) is 17.1 Å². The summed E-state index contributed by atoms with van der Waals surface area (Å²) in [6, 6.07) is 27.4. The van der Waals surface area contributed by atoms with E-state index >= 15 is 0 Å². The molecule has 0 aliphatic carbocycles. The highest BCUT2D eigenvalue weighted by Gasteiger charge is 2.16. The van der Waals surface area contributed by atoms with Crippen LogP contribution in [0, 0.1) is 0 Å². The number of para-hydroxylation sites is 1. The number of anilines is 1. The first kappa shape index (κ1) is 24.5. The van der Waals surface area contributed by atoms with Gasteiger partial charge in [-0.05, 0) is 29.8 Å². The molecule has 0 bridgehead atoms. The van der Waals surface area contributed by atoms with E-state index in [2.05, 4.69) is 20.6 Å². The molecule has 0 fully saturated rings. The number of halogens is 1. The van der Waals surface area contributed by atoms with Crippen LogP contribution in [0.1, 0.15) is 5.56 Å². The van der Waals surface area contributed by atoms with E-state index in [1.165, 1.54) is 23.1 Å². The van der Waals surface area contributed by atoms with Crippen molar-refractivity contribution in [3.63, 3.8) is 0 Å². The summed E-state index contributed by atoms with van der Waals surface area (Å²) in [4.78, 5) is 17.3. The van der Waals surface area contributed by atoms with E-state index in [0.29, 0.717) is 15.3 Å². The lowest BCUT2D eigenvalue weighted by Crippen LogP contribution is -2.14. The lowest BCUT2D eigenvalue weighted by atomic mass is 10.2. The first-order chi connectivity index (χ1) is 17.6. The van der Waals surface area contributed by atoms with Crippen LogP contribution in [0.4, 0.5) is 5.13 Å². The summed E-state index contributed by atoms with van der Waals surface area (Å²) in [5.74, 6) is 1.42. The minimum atomic E-state index is -0.192. The van der Waals surface area contributed by atoms with E-state index in [1.807, 2.05) is 84.9 Å². The Morgan fingerprint density at radius 1 is 0.917 bits per heavy atom. The molecule has 0 spiro atoms. The van der Waals surface area contributed by atoms with E-state index in [9.17, 15) is 4.79 Å². The van der Waals surface area contributed by atoms with Crippen molar-refractivity contribution in [2.75, 3.05) is 11.1 Å². The number of amides is 1. The molecule has 3 aromatic carbocycles. The van der Waals surface area contributed by atoms with Crippen molar-refractivity contribution in [2.24, 2.45) is 0 Å². The van der Waals surface area contributed by atoms with Crippen LogP contribution in [0.2, 0.25) is 5.02 Å². The molecule has 2 aromatic heterocycles. The molecule has 180 valence electrons. The van der Waals surface area contributed by atoms with Crippen LogP contribution in [0.3, 0.4) is 0 Å². The number of thioether (sulfide) groups is 2. The van der Waals surface area contributed by atoms with Gasteiger partial charge in [0, 0.05) is 16.3 Å². The molecule has 0 unspecified atom stereocenters. The average molecular weight is 551 g/mol. The average Bonchev–Trinajstić information content (AvgIpc) is 3.55. The first-order valence-corrected chi connectivity index (χ1v) is 14.0. The molecule has 0 saturated carbocycles. The predicted molar refractivity (Wildman–Crippen MR) is 147 cm³/mol. The van der Waals surface area contributed by atoms with E-state index < -0.39 is 0 Å². The molecular formula is C25H19ClN6OS3. The summed E-state index contributed by atoms with van der Waals surface area (Å²) in [5, 5.41) is 17.4. The number of hydrogen-bond donors (Lipinski definition) is 1. The maximum atomic E-state index is 12.6. The maximum absolute atomic E-state index is 12.6. The highest BCUT2D eigenvalue weighted by Crippen LogP contribution is 2.29. The van der Waals surface area contributed by atoms with Gasteiger partial charge in [-0.25, -0.2) is 9.67 Å². The van der Waals surface area contributed by atoms with Crippen LogP contribution < -0.4 is 5.32 Å². The minimum absolute atomic E-state index is 0.153. The molecule has 0 saturated heterocycles. The van der Waals surface area contributed by atoms with Crippen molar-refractivity contribution in [3.8, 4) is 17.1 Å². The summed E-state index contributed by atoms with van der Waals surface area (Å²) < 4.78 is 2.58. The SMILES string of the molecule is O=C(CSc1nc(-c2ccccc2)n(-c2ccccc2)n1)Nc1nnc(SCc2ccc(Cl)cc2)s1. The van der Waals surface area contributed by atoms with Crippen molar-refractivity contribution in [1.82, 2.24) is 25.0 Å². The van der Waals surface area contributed by atoms with Gasteiger partial charge in [-0.2, -0.15) is 0 Å². The molecule has 1 N–H and O–H groups in total. The summed E-state index contributed by atoms with van der Waals surface area (Å²) in [6.45, 7) is 0. The normalized spacial score (nSPS) is 10.9. The fraction of sp³-hybridized carbons (Fsp3) is 0.0800. The fourth-order valence-corrected chi connectivity index (χ4v) is 5.68. The number of carbonyl (C=O) groups excluding carboxylic acids is 1. The Morgan fingerprint density at radius 2 is 1.64 bits per heavy atom. The molecule has 5 aromatic rings. The van der Waals surface area contributed by atoms with Crippen molar-refractivity contribution in [1.29, 1.82) is 0 Å². The predicted octanol–water partition coefficient (Wildman–Crippen LogP) is 6.46. The van der Waals surface area contributed by atoms with E-state index in [4.69, 9.17) is 16.6 Å². The molecule has 5 rings (SSSR count). The van der Waals surface area contributed by atoms with Crippen LogP contribution in [-0.2, 0) is 10.5 Å². The molecule has 0 aliphatic rings. The van der Waals surface area contributed by atoms with Crippen LogP contribution in [0.15, 0.2) is 94.4 Å². The Labute approximate surface area is 225 Å². The Bertz CT molecular complexity index is 1380. The van der Waals surface area contributed by atoms with Crippen LogP contribution in [-0.4, -0.2) is 36.6 Å². The maximum Gasteiger partial charge on any atom is 0.236 e. The van der Waals surface area contributed by atoms with Gasteiger partial charge in [-0.15, -0.1) is 15.3 Å². The summed E-state index contributed by atoms with van der Waals surface area (Å²) in [7, 11) is 0. The van der Waals surface area contributed by atoms with Gasteiger partial charge in [0.05, 0.1) is 11.4 Å². The molecule has 0 radical (unpaired) electrons. The molecule has 0 aliphatic heterocycles. The molecule has 2 heterocycles. The Kier molecular flexibility index (Phi) is 7.97. The highest BCUT2D eigenvalue weighted by molar-refractivity contribution is 8.00. The summed E-state index contributed by atoms with van der Waals surface area (Å²) in [5.41, 5.74) is 2.99. The number of benzene rings is 3. The number of aromatic nitrogens is 5. The third kappa shape index (κ3) is 6.33. The third-order valence-corrected chi connectivity index (χ3v) is 8.01. The van der Waals surface area contributed by atoms with E-state index in [1.54, 1.807) is 16.4 Å². The zero-order valence-electron chi connectivity index (χ0n) is 18.7. The Hall–Kier alpha value is -3.18.